The fraction of sp³-hybridized carbons (Fsp3) is 1.00. The van der Waals surface area contributed by atoms with Crippen LogP contribution in [-0.2, 0) is 0 Å². The van der Waals surface area contributed by atoms with Crippen molar-refractivity contribution in [1.29, 1.82) is 0 Å². The lowest BCUT2D eigenvalue weighted by molar-refractivity contribution is -0.107. The van der Waals surface area contributed by atoms with Crippen LogP contribution in [-0.4, -0.2) is 42.2 Å². The second kappa shape index (κ2) is 22.3. The van der Waals surface area contributed by atoms with Crippen molar-refractivity contribution < 1.29 is 0 Å². The van der Waals surface area contributed by atoms with Gasteiger partial charge in [0, 0.05) is 19.1 Å². The molecular weight excluding hydrogens is 530 g/mol. The molecular formula is C36H81N7. The van der Waals surface area contributed by atoms with Crippen LogP contribution in [0.15, 0.2) is 0 Å². The molecule has 5 unspecified atom stereocenters. The smallest absolute Gasteiger partial charge is 0.120 e. The van der Waals surface area contributed by atoms with Gasteiger partial charge >= 0.3 is 0 Å². The molecule has 260 valence electrons. The molecule has 7 nitrogen and oxygen atoms in total. The minimum atomic E-state index is -0.559. The number of rotatable bonds is 27. The highest BCUT2D eigenvalue weighted by molar-refractivity contribution is 4.95. The summed E-state index contributed by atoms with van der Waals surface area (Å²) in [6, 6.07) is 0.382. The number of hydrazine groups is 2. The highest BCUT2D eigenvalue weighted by Gasteiger charge is 2.45. The second-order valence-corrected chi connectivity index (χ2v) is 15.5. The monoisotopic (exact) mass is 612 g/mol. The Kier molecular flexibility index (Phi) is 22.1. The van der Waals surface area contributed by atoms with E-state index in [1.54, 1.807) is 0 Å². The molecule has 0 fully saturated rings. The van der Waals surface area contributed by atoms with Gasteiger partial charge in [0.15, 0.2) is 0 Å². The number of unbranched alkanes of at least 4 members (excludes halogenated alkanes) is 2. The summed E-state index contributed by atoms with van der Waals surface area (Å²) in [5, 5.41) is 9.74. The summed E-state index contributed by atoms with van der Waals surface area (Å²) in [6.45, 7) is 30.2. The lowest BCUT2D eigenvalue weighted by Gasteiger charge is -2.51. The molecule has 0 aromatic heterocycles. The largest absolute Gasteiger partial charge is 0.310 e. The average molecular weight is 612 g/mol. The third-order valence-electron chi connectivity index (χ3n) is 9.52. The van der Waals surface area contributed by atoms with Crippen LogP contribution in [0.1, 0.15) is 167 Å². The van der Waals surface area contributed by atoms with E-state index in [0.717, 1.165) is 83.8 Å². The summed E-state index contributed by atoms with van der Waals surface area (Å²) < 4.78 is 0. The van der Waals surface area contributed by atoms with Gasteiger partial charge in [0.05, 0.1) is 0 Å². The van der Waals surface area contributed by atoms with Gasteiger partial charge in [-0.1, -0.05) is 115 Å². The molecule has 0 spiro atoms. The van der Waals surface area contributed by atoms with E-state index in [1.165, 1.54) is 19.3 Å². The standard InChI is InChI=1S/C36H81N7/c1-13-18-19-22-32(23-20-25-35(37,39-26-24-29(6)7)40-27-30(8)15-3)36(38,31(9)21-14-2)43(41-28-34(10,11)12)42-33(16-4)17-5/h29-33,39-42H,13-28,37-38H2,1-12H3. The van der Waals surface area contributed by atoms with Crippen LogP contribution < -0.4 is 33.0 Å². The van der Waals surface area contributed by atoms with E-state index in [0.29, 0.717) is 29.7 Å². The van der Waals surface area contributed by atoms with Crippen LogP contribution in [0.2, 0.25) is 0 Å². The highest BCUT2D eigenvalue weighted by atomic mass is 15.8. The van der Waals surface area contributed by atoms with Gasteiger partial charge < -0.3 is 11.5 Å². The molecule has 43 heavy (non-hydrogen) atoms. The van der Waals surface area contributed by atoms with E-state index >= 15 is 0 Å². The Balaban J connectivity index is 6.33. The van der Waals surface area contributed by atoms with Crippen molar-refractivity contribution in [3.63, 3.8) is 0 Å². The molecule has 0 aromatic rings. The molecule has 0 saturated carbocycles. The van der Waals surface area contributed by atoms with Gasteiger partial charge in [-0.05, 0) is 87.0 Å². The summed E-state index contributed by atoms with van der Waals surface area (Å²) in [6.07, 6.45) is 14.5. The summed E-state index contributed by atoms with van der Waals surface area (Å²) >= 11 is 0. The van der Waals surface area contributed by atoms with E-state index in [4.69, 9.17) is 11.5 Å². The van der Waals surface area contributed by atoms with Gasteiger partial charge in [0.1, 0.15) is 11.4 Å². The number of nitrogens with zero attached hydrogens (tertiary/aromatic N) is 1. The topological polar surface area (TPSA) is 103 Å². The number of nitrogens with one attached hydrogen (secondary N) is 4. The Labute approximate surface area is 270 Å². The first-order valence-electron chi connectivity index (χ1n) is 18.5. The minimum Gasteiger partial charge on any atom is -0.310 e. The minimum absolute atomic E-state index is 0.141. The Hall–Kier alpha value is -0.280. The zero-order chi connectivity index (χ0) is 33.1. The van der Waals surface area contributed by atoms with E-state index in [-0.39, 0.29) is 5.41 Å². The predicted octanol–water partition coefficient (Wildman–Crippen LogP) is 7.87. The maximum Gasteiger partial charge on any atom is 0.120 e. The van der Waals surface area contributed by atoms with Gasteiger partial charge in [-0.2, -0.15) is 5.12 Å². The van der Waals surface area contributed by atoms with Crippen LogP contribution in [0.25, 0.3) is 0 Å². The van der Waals surface area contributed by atoms with E-state index < -0.39 is 11.4 Å². The van der Waals surface area contributed by atoms with Crippen molar-refractivity contribution in [3.8, 4) is 0 Å². The lowest BCUT2D eigenvalue weighted by Crippen LogP contribution is -2.74. The Morgan fingerprint density at radius 2 is 1.35 bits per heavy atom. The summed E-state index contributed by atoms with van der Waals surface area (Å²) in [7, 11) is 0. The van der Waals surface area contributed by atoms with Gasteiger partial charge in [-0.25, -0.2) is 10.9 Å². The molecule has 0 aliphatic heterocycles. The van der Waals surface area contributed by atoms with E-state index in [9.17, 15) is 0 Å². The van der Waals surface area contributed by atoms with Crippen molar-refractivity contribution in [1.82, 2.24) is 26.6 Å². The SMILES string of the molecule is CCCCCC(CCCC(N)(NCCC(C)C)NCC(C)CC)C(N)(C(C)CCC)N(NCC(C)(C)C)NC(CC)CC. The van der Waals surface area contributed by atoms with Crippen LogP contribution in [0, 0.1) is 29.1 Å². The molecule has 0 aromatic carbocycles. The Morgan fingerprint density at radius 1 is 0.721 bits per heavy atom. The van der Waals surface area contributed by atoms with Gasteiger partial charge in [0.2, 0.25) is 0 Å². The summed E-state index contributed by atoms with van der Waals surface area (Å²) in [5.41, 5.74) is 22.3. The van der Waals surface area contributed by atoms with Crippen LogP contribution in [0.5, 0.6) is 0 Å². The van der Waals surface area contributed by atoms with Crippen molar-refractivity contribution in [2.24, 2.45) is 40.6 Å². The molecule has 0 aliphatic carbocycles. The fourth-order valence-electron chi connectivity index (χ4n) is 5.93. The van der Waals surface area contributed by atoms with Crippen LogP contribution in [0.3, 0.4) is 0 Å². The normalized spacial score (nSPS) is 17.8. The first-order chi connectivity index (χ1) is 20.1. The third-order valence-corrected chi connectivity index (χ3v) is 9.52. The van der Waals surface area contributed by atoms with Crippen molar-refractivity contribution in [2.45, 2.75) is 184 Å². The van der Waals surface area contributed by atoms with E-state index in [2.05, 4.69) is 110 Å². The summed E-state index contributed by atoms with van der Waals surface area (Å²) in [5.74, 6) is 1.36. The molecule has 8 N–H and O–H groups in total. The molecule has 5 atom stereocenters. The molecule has 0 aliphatic rings. The number of hydrogen-bond acceptors (Lipinski definition) is 7. The molecule has 7 heteroatoms. The number of hydrogen-bond donors (Lipinski definition) is 6. The first kappa shape index (κ1) is 42.7. The van der Waals surface area contributed by atoms with Gasteiger partial charge in [-0.3, -0.25) is 10.6 Å². The van der Waals surface area contributed by atoms with Gasteiger partial charge in [0.25, 0.3) is 0 Å². The first-order valence-corrected chi connectivity index (χ1v) is 18.5. The maximum atomic E-state index is 7.80. The van der Waals surface area contributed by atoms with Gasteiger partial charge in [-0.15, -0.1) is 0 Å². The molecule has 0 saturated heterocycles. The molecule has 0 amide bonds. The third kappa shape index (κ3) is 17.3. The van der Waals surface area contributed by atoms with Crippen molar-refractivity contribution in [2.75, 3.05) is 19.6 Å². The zero-order valence-electron chi connectivity index (χ0n) is 31.3. The quantitative estimate of drug-likeness (QED) is 0.0319. The van der Waals surface area contributed by atoms with Crippen molar-refractivity contribution >= 4 is 0 Å². The maximum absolute atomic E-state index is 7.80. The highest BCUT2D eigenvalue weighted by Crippen LogP contribution is 2.37. The van der Waals surface area contributed by atoms with Crippen LogP contribution in [0.4, 0.5) is 0 Å². The van der Waals surface area contributed by atoms with Crippen LogP contribution >= 0.6 is 0 Å². The zero-order valence-corrected chi connectivity index (χ0v) is 31.3. The molecule has 0 bridgehead atoms. The fourth-order valence-corrected chi connectivity index (χ4v) is 5.93. The Bertz CT molecular complexity index is 662. The molecule has 0 rings (SSSR count). The van der Waals surface area contributed by atoms with Crippen molar-refractivity contribution in [3.05, 3.63) is 0 Å². The predicted molar refractivity (Wildman–Crippen MR) is 191 cm³/mol. The lowest BCUT2D eigenvalue weighted by atomic mass is 9.75. The molecule has 0 radical (unpaired) electrons. The number of nitrogens with two attached hydrogens (primary N) is 2. The van der Waals surface area contributed by atoms with E-state index in [1.807, 2.05) is 0 Å². The second-order valence-electron chi connectivity index (χ2n) is 15.5. The molecule has 0 heterocycles. The Morgan fingerprint density at radius 3 is 1.86 bits per heavy atom. The average Bonchev–Trinajstić information content (AvgIpc) is 2.94. The summed E-state index contributed by atoms with van der Waals surface area (Å²) in [4.78, 5) is 0.